The summed E-state index contributed by atoms with van der Waals surface area (Å²) < 4.78 is 6.43. The van der Waals surface area contributed by atoms with Crippen LogP contribution in [0, 0.1) is 0 Å². The molecule has 31 heavy (non-hydrogen) atoms. The quantitative estimate of drug-likeness (QED) is 0.254. The molecule has 0 saturated carbocycles. The van der Waals surface area contributed by atoms with Crippen molar-refractivity contribution in [2.45, 2.75) is 5.92 Å². The van der Waals surface area contributed by atoms with E-state index in [0.717, 1.165) is 38.6 Å². The van der Waals surface area contributed by atoms with Crippen molar-refractivity contribution in [2.75, 3.05) is 0 Å². The molecule has 2 nitrogen and oxygen atoms in total. The van der Waals surface area contributed by atoms with Gasteiger partial charge in [0.05, 0.1) is 4.88 Å². The zero-order valence-corrected chi connectivity index (χ0v) is 17.6. The van der Waals surface area contributed by atoms with E-state index in [4.69, 9.17) is 4.74 Å². The van der Waals surface area contributed by atoms with Crippen LogP contribution in [-0.4, -0.2) is 5.78 Å². The van der Waals surface area contributed by atoms with E-state index < -0.39 is 0 Å². The van der Waals surface area contributed by atoms with Crippen molar-refractivity contribution in [1.82, 2.24) is 0 Å². The van der Waals surface area contributed by atoms with Gasteiger partial charge in [-0.3, -0.25) is 4.79 Å². The first-order chi connectivity index (χ1) is 15.3. The van der Waals surface area contributed by atoms with Crippen molar-refractivity contribution in [3.8, 4) is 5.75 Å². The smallest absolute Gasteiger partial charge is 0.195 e. The first-order valence-electron chi connectivity index (χ1n) is 10.2. The summed E-state index contributed by atoms with van der Waals surface area (Å²) in [6.45, 7) is 0. The predicted molar refractivity (Wildman–Crippen MR) is 127 cm³/mol. The lowest BCUT2D eigenvalue weighted by Crippen LogP contribution is -2.15. The minimum Gasteiger partial charge on any atom is -0.456 e. The molecule has 0 aliphatic carbocycles. The second-order valence-electron chi connectivity index (χ2n) is 7.31. The minimum atomic E-state index is -0.0336. The van der Waals surface area contributed by atoms with Crippen molar-refractivity contribution in [3.63, 3.8) is 0 Å². The van der Waals surface area contributed by atoms with Crippen LogP contribution in [0.2, 0.25) is 0 Å². The van der Waals surface area contributed by atoms with E-state index in [2.05, 4.69) is 18.2 Å². The summed E-state index contributed by atoms with van der Waals surface area (Å²) in [5.74, 6) is 1.59. The number of rotatable bonds is 5. The van der Waals surface area contributed by atoms with Crippen molar-refractivity contribution in [2.24, 2.45) is 0 Å². The molecule has 3 aromatic carbocycles. The Morgan fingerprint density at radius 1 is 0.806 bits per heavy atom. The number of hydrogen-bond acceptors (Lipinski definition) is 3. The average molecular weight is 421 g/mol. The van der Waals surface area contributed by atoms with E-state index in [-0.39, 0.29) is 11.7 Å². The molecule has 1 aromatic heterocycles. The van der Waals surface area contributed by atoms with E-state index in [9.17, 15) is 4.79 Å². The minimum absolute atomic E-state index is 0.000539. The maximum atomic E-state index is 12.7. The molecule has 0 amide bonds. The van der Waals surface area contributed by atoms with Gasteiger partial charge in [-0.25, -0.2) is 0 Å². The van der Waals surface area contributed by atoms with E-state index in [1.54, 1.807) is 6.08 Å². The van der Waals surface area contributed by atoms with Crippen LogP contribution in [0.1, 0.15) is 32.3 Å². The van der Waals surface area contributed by atoms with Crippen molar-refractivity contribution >= 4 is 22.9 Å². The van der Waals surface area contributed by atoms with Crippen LogP contribution >= 0.6 is 11.3 Å². The second-order valence-corrected chi connectivity index (χ2v) is 8.26. The Kier molecular flexibility index (Phi) is 5.34. The number of ether oxygens (including phenoxy) is 1. The van der Waals surface area contributed by atoms with Crippen LogP contribution in [0.5, 0.6) is 5.75 Å². The monoisotopic (exact) mass is 420 g/mol. The maximum Gasteiger partial charge on any atom is 0.195 e. The molecule has 0 spiro atoms. The molecular weight excluding hydrogens is 400 g/mol. The highest BCUT2D eigenvalue weighted by Gasteiger charge is 2.30. The molecule has 1 atom stereocenters. The molecule has 1 aliphatic heterocycles. The molecule has 0 fully saturated rings. The zero-order valence-electron chi connectivity index (χ0n) is 16.8. The number of carbonyl (C=O) groups excluding carboxylic acids is 1. The molecular formula is C28H20O2S. The Hall–Kier alpha value is -3.69. The number of thiophene rings is 1. The summed E-state index contributed by atoms with van der Waals surface area (Å²) in [7, 11) is 0. The number of allylic oxidation sites excluding steroid dienone is 3. The van der Waals surface area contributed by atoms with Gasteiger partial charge in [0, 0.05) is 22.6 Å². The van der Waals surface area contributed by atoms with Gasteiger partial charge in [0.25, 0.3) is 0 Å². The fourth-order valence-corrected chi connectivity index (χ4v) is 4.58. The van der Waals surface area contributed by atoms with Gasteiger partial charge in [-0.05, 0) is 29.2 Å². The lowest BCUT2D eigenvalue weighted by atomic mass is 9.81. The molecule has 0 N–H and O–H groups in total. The van der Waals surface area contributed by atoms with Gasteiger partial charge >= 0.3 is 0 Å². The average Bonchev–Trinajstić information content (AvgIpc) is 3.38. The molecule has 0 radical (unpaired) electrons. The fourth-order valence-electron chi connectivity index (χ4n) is 3.94. The summed E-state index contributed by atoms with van der Waals surface area (Å²) in [6.07, 6.45) is 3.59. The normalized spacial score (nSPS) is 15.5. The standard InChI is InChI=1S/C28H20O2S/c29-24(26-16-9-19-31-26)18-17-23-27(20-10-3-1-4-11-20)22-14-7-8-15-25(22)30-28(23)21-12-5-2-6-13-21/h1-19,27H/b18-17+/t27-/m0/s1. The molecule has 5 rings (SSSR count). The number of benzene rings is 3. The van der Waals surface area contributed by atoms with Crippen LogP contribution in [0.25, 0.3) is 5.76 Å². The summed E-state index contributed by atoms with van der Waals surface area (Å²) >= 11 is 1.45. The van der Waals surface area contributed by atoms with Gasteiger partial charge in [0.1, 0.15) is 11.5 Å². The Bertz CT molecular complexity index is 1250. The molecule has 0 saturated heterocycles. The van der Waals surface area contributed by atoms with E-state index >= 15 is 0 Å². The van der Waals surface area contributed by atoms with Crippen LogP contribution in [0.4, 0.5) is 0 Å². The third-order valence-electron chi connectivity index (χ3n) is 5.36. The highest BCUT2D eigenvalue weighted by Crippen LogP contribution is 2.46. The molecule has 2 heterocycles. The van der Waals surface area contributed by atoms with Gasteiger partial charge in [0.15, 0.2) is 5.78 Å². The first-order valence-corrected chi connectivity index (χ1v) is 11.1. The van der Waals surface area contributed by atoms with Crippen molar-refractivity contribution in [1.29, 1.82) is 0 Å². The Morgan fingerprint density at radius 2 is 1.52 bits per heavy atom. The number of hydrogen-bond donors (Lipinski definition) is 0. The third kappa shape index (κ3) is 3.88. The number of ketones is 1. The van der Waals surface area contributed by atoms with Gasteiger partial charge in [-0.2, -0.15) is 0 Å². The number of para-hydroxylation sites is 1. The Labute approximate surface area is 185 Å². The number of fused-ring (bicyclic) bond motifs is 1. The van der Waals surface area contributed by atoms with Crippen molar-refractivity contribution in [3.05, 3.63) is 142 Å². The van der Waals surface area contributed by atoms with Crippen molar-refractivity contribution < 1.29 is 9.53 Å². The van der Waals surface area contributed by atoms with Crippen LogP contribution < -0.4 is 4.74 Å². The lowest BCUT2D eigenvalue weighted by molar-refractivity contribution is 0.105. The Balaban J connectivity index is 1.70. The van der Waals surface area contributed by atoms with E-state index in [1.807, 2.05) is 90.3 Å². The van der Waals surface area contributed by atoms with E-state index in [0.29, 0.717) is 0 Å². The van der Waals surface area contributed by atoms with Gasteiger partial charge in [0.2, 0.25) is 0 Å². The first kappa shape index (κ1) is 19.3. The third-order valence-corrected chi connectivity index (χ3v) is 6.25. The highest BCUT2D eigenvalue weighted by atomic mass is 32.1. The highest BCUT2D eigenvalue weighted by molar-refractivity contribution is 7.12. The molecule has 0 unspecified atom stereocenters. The SMILES string of the molecule is O=C(/C=C/C1=C(c2ccccc2)Oc2ccccc2[C@@H]1c1ccccc1)c1cccs1. The predicted octanol–water partition coefficient (Wildman–Crippen LogP) is 7.12. The largest absolute Gasteiger partial charge is 0.456 e. The summed E-state index contributed by atoms with van der Waals surface area (Å²) in [6, 6.07) is 32.3. The van der Waals surface area contributed by atoms with Crippen LogP contribution in [0.3, 0.4) is 0 Å². The molecule has 4 aromatic rings. The molecule has 150 valence electrons. The summed E-state index contributed by atoms with van der Waals surface area (Å²) in [4.78, 5) is 13.5. The maximum absolute atomic E-state index is 12.7. The molecule has 1 aliphatic rings. The van der Waals surface area contributed by atoms with Gasteiger partial charge in [-0.1, -0.05) is 91.0 Å². The fraction of sp³-hybridized carbons (Fsp3) is 0.0357. The molecule has 3 heteroatoms. The second kappa shape index (κ2) is 8.58. The zero-order chi connectivity index (χ0) is 21.0. The topological polar surface area (TPSA) is 26.3 Å². The van der Waals surface area contributed by atoms with E-state index in [1.165, 1.54) is 11.3 Å². The summed E-state index contributed by atoms with van der Waals surface area (Å²) in [5.41, 5.74) is 4.22. The van der Waals surface area contributed by atoms with Crippen LogP contribution in [0.15, 0.2) is 120 Å². The summed E-state index contributed by atoms with van der Waals surface area (Å²) in [5, 5.41) is 1.92. The number of carbonyl (C=O) groups is 1. The lowest BCUT2D eigenvalue weighted by Gasteiger charge is -2.30. The molecule has 0 bridgehead atoms. The van der Waals surface area contributed by atoms with Gasteiger partial charge in [-0.15, -0.1) is 11.3 Å². The Morgan fingerprint density at radius 3 is 2.26 bits per heavy atom. The van der Waals surface area contributed by atoms with Gasteiger partial charge < -0.3 is 4.74 Å². The van der Waals surface area contributed by atoms with Crippen LogP contribution in [-0.2, 0) is 0 Å².